The van der Waals surface area contributed by atoms with Gasteiger partial charge in [0.1, 0.15) is 0 Å². The number of likely N-dealkylation sites (N-methyl/N-ethyl adjacent to an activating group) is 1. The molecule has 1 atom stereocenters. The molecule has 1 unspecified atom stereocenters. The quantitative estimate of drug-likeness (QED) is 0.225. The minimum absolute atomic E-state index is 0.0581. The Morgan fingerprint density at radius 1 is 1.17 bits per heavy atom. The molecule has 0 saturated carbocycles. The van der Waals surface area contributed by atoms with E-state index in [1.807, 2.05) is 39.1 Å². The summed E-state index contributed by atoms with van der Waals surface area (Å²) in [7, 11) is 3.33. The number of esters is 1. The SMILES string of the molecule is COC(=O)C1=C(C)N=C(C)C(=C(C)NOCCN(C)Cc2ccccc2)C1c1cccc([N+](=O)[O-])c1. The first-order chi connectivity index (χ1) is 17.2. The van der Waals surface area contributed by atoms with Gasteiger partial charge in [-0.25, -0.2) is 4.79 Å². The number of hydrogen-bond acceptors (Lipinski definition) is 8. The molecule has 0 saturated heterocycles. The summed E-state index contributed by atoms with van der Waals surface area (Å²) in [6.45, 7) is 7.33. The van der Waals surface area contributed by atoms with E-state index in [-0.39, 0.29) is 5.69 Å². The summed E-state index contributed by atoms with van der Waals surface area (Å²) in [5.74, 6) is -1.14. The average Bonchev–Trinajstić information content (AvgIpc) is 2.86. The zero-order valence-corrected chi connectivity index (χ0v) is 21.3. The van der Waals surface area contributed by atoms with Crippen molar-refractivity contribution in [2.24, 2.45) is 4.99 Å². The molecule has 3 rings (SSSR count). The van der Waals surface area contributed by atoms with Crippen LogP contribution in [0.1, 0.15) is 37.8 Å². The third-order valence-corrected chi connectivity index (χ3v) is 6.01. The molecule has 9 nitrogen and oxygen atoms in total. The molecule has 0 fully saturated rings. The lowest BCUT2D eigenvalue weighted by molar-refractivity contribution is -0.384. The Balaban J connectivity index is 1.83. The number of hydroxylamine groups is 1. The topological polar surface area (TPSA) is 106 Å². The van der Waals surface area contributed by atoms with Crippen molar-refractivity contribution in [2.75, 3.05) is 27.3 Å². The van der Waals surface area contributed by atoms with Crippen LogP contribution in [0, 0.1) is 10.1 Å². The zero-order chi connectivity index (χ0) is 26.2. The Bertz CT molecular complexity index is 1200. The number of benzene rings is 2. The van der Waals surface area contributed by atoms with Crippen LogP contribution >= 0.6 is 0 Å². The number of non-ortho nitro benzene ring substituents is 1. The molecule has 1 N–H and O–H groups in total. The van der Waals surface area contributed by atoms with Gasteiger partial charge in [0.05, 0.1) is 24.2 Å². The summed E-state index contributed by atoms with van der Waals surface area (Å²) >= 11 is 0. The molecule has 0 spiro atoms. The predicted molar refractivity (Wildman–Crippen MR) is 138 cm³/mol. The van der Waals surface area contributed by atoms with Crippen molar-refractivity contribution in [3.8, 4) is 0 Å². The first-order valence-corrected chi connectivity index (χ1v) is 11.6. The summed E-state index contributed by atoms with van der Waals surface area (Å²) in [5, 5.41) is 11.4. The van der Waals surface area contributed by atoms with Gasteiger partial charge in [0, 0.05) is 53.8 Å². The van der Waals surface area contributed by atoms with Crippen molar-refractivity contribution >= 4 is 17.4 Å². The summed E-state index contributed by atoms with van der Waals surface area (Å²) in [4.78, 5) is 36.2. The minimum atomic E-state index is -0.605. The third-order valence-electron chi connectivity index (χ3n) is 6.01. The van der Waals surface area contributed by atoms with Crippen LogP contribution < -0.4 is 5.48 Å². The smallest absolute Gasteiger partial charge is 0.336 e. The zero-order valence-electron chi connectivity index (χ0n) is 21.3. The maximum absolute atomic E-state index is 12.8. The van der Waals surface area contributed by atoms with Crippen LogP contribution in [-0.4, -0.2) is 48.8 Å². The second-order valence-corrected chi connectivity index (χ2v) is 8.69. The van der Waals surface area contributed by atoms with Gasteiger partial charge in [0.25, 0.3) is 5.69 Å². The molecule has 0 aromatic heterocycles. The van der Waals surface area contributed by atoms with E-state index in [1.165, 1.54) is 24.8 Å². The molecule has 190 valence electrons. The number of nitrogens with zero attached hydrogens (tertiary/aromatic N) is 3. The largest absolute Gasteiger partial charge is 0.466 e. The van der Waals surface area contributed by atoms with Crippen LogP contribution in [0.5, 0.6) is 0 Å². The Labute approximate surface area is 211 Å². The number of rotatable bonds is 10. The molecule has 0 radical (unpaired) electrons. The monoisotopic (exact) mass is 492 g/mol. The van der Waals surface area contributed by atoms with Crippen molar-refractivity contribution in [1.29, 1.82) is 0 Å². The van der Waals surface area contributed by atoms with Crippen molar-refractivity contribution in [2.45, 2.75) is 33.2 Å². The van der Waals surface area contributed by atoms with Crippen LogP contribution in [0.25, 0.3) is 0 Å². The highest BCUT2D eigenvalue weighted by Gasteiger charge is 2.35. The first-order valence-electron chi connectivity index (χ1n) is 11.6. The van der Waals surface area contributed by atoms with Gasteiger partial charge in [-0.1, -0.05) is 42.5 Å². The second-order valence-electron chi connectivity index (χ2n) is 8.69. The molecule has 9 heteroatoms. The fourth-order valence-electron chi connectivity index (χ4n) is 4.34. The summed E-state index contributed by atoms with van der Waals surface area (Å²) in [6.07, 6.45) is 0. The van der Waals surface area contributed by atoms with Crippen LogP contribution in [0.15, 0.2) is 82.1 Å². The van der Waals surface area contributed by atoms with Gasteiger partial charge >= 0.3 is 5.97 Å². The molecule has 2 aromatic carbocycles. The summed E-state index contributed by atoms with van der Waals surface area (Å²) < 4.78 is 5.05. The van der Waals surface area contributed by atoms with Crippen LogP contribution in [0.2, 0.25) is 0 Å². The average molecular weight is 493 g/mol. The number of methoxy groups -OCH3 is 1. The van der Waals surface area contributed by atoms with Gasteiger partial charge < -0.3 is 4.74 Å². The van der Waals surface area contributed by atoms with Crippen molar-refractivity contribution < 1.29 is 19.3 Å². The fraction of sp³-hybridized carbons (Fsp3) is 0.333. The minimum Gasteiger partial charge on any atom is -0.466 e. The Morgan fingerprint density at radius 2 is 1.89 bits per heavy atom. The van der Waals surface area contributed by atoms with Crippen LogP contribution in [0.4, 0.5) is 5.69 Å². The number of nitro benzene ring substituents is 1. The Morgan fingerprint density at radius 3 is 2.56 bits per heavy atom. The Hall–Kier alpha value is -3.82. The van der Waals surface area contributed by atoms with E-state index in [4.69, 9.17) is 9.57 Å². The number of carbonyl (C=O) groups excluding carboxylic acids is 1. The second kappa shape index (κ2) is 12.2. The predicted octanol–water partition coefficient (Wildman–Crippen LogP) is 4.53. The lowest BCUT2D eigenvalue weighted by Gasteiger charge is -2.29. The molecule has 0 bridgehead atoms. The van der Waals surface area contributed by atoms with Gasteiger partial charge in [-0.3, -0.25) is 30.3 Å². The van der Waals surface area contributed by atoms with Gasteiger partial charge in [-0.15, -0.1) is 0 Å². The maximum Gasteiger partial charge on any atom is 0.336 e. The summed E-state index contributed by atoms with van der Waals surface area (Å²) in [5.41, 5.74) is 7.65. The molecule has 36 heavy (non-hydrogen) atoms. The number of nitro groups is 1. The lowest BCUT2D eigenvalue weighted by atomic mass is 9.79. The Kier molecular flexibility index (Phi) is 9.10. The van der Waals surface area contributed by atoms with E-state index in [2.05, 4.69) is 27.5 Å². The van der Waals surface area contributed by atoms with E-state index in [0.717, 1.165) is 6.54 Å². The highest BCUT2D eigenvalue weighted by Crippen LogP contribution is 2.40. The van der Waals surface area contributed by atoms with E-state index in [0.29, 0.717) is 47.0 Å². The number of carbonyl (C=O) groups is 1. The van der Waals surface area contributed by atoms with Crippen molar-refractivity contribution in [3.05, 3.63) is 98.4 Å². The molecular formula is C27H32N4O5. The highest BCUT2D eigenvalue weighted by atomic mass is 16.6. The molecule has 1 aliphatic rings. The van der Waals surface area contributed by atoms with Crippen molar-refractivity contribution in [1.82, 2.24) is 10.4 Å². The lowest BCUT2D eigenvalue weighted by Crippen LogP contribution is -2.29. The fourth-order valence-corrected chi connectivity index (χ4v) is 4.34. The van der Waals surface area contributed by atoms with Gasteiger partial charge in [0.2, 0.25) is 0 Å². The van der Waals surface area contributed by atoms with Crippen LogP contribution in [0.3, 0.4) is 0 Å². The molecule has 1 aliphatic heterocycles. The standard InChI is InChI=1S/C27H32N4O5/c1-18-24(20(3)29-36-15-14-30(4)17-21-10-7-6-8-11-21)26(25(19(2)28-18)27(32)35-5)22-12-9-13-23(16-22)31(33)34/h6-13,16,26,29H,14-15,17H2,1-5H3. The molecular weight excluding hydrogens is 460 g/mol. The van der Waals surface area contributed by atoms with E-state index in [9.17, 15) is 14.9 Å². The first kappa shape index (κ1) is 26.8. The van der Waals surface area contributed by atoms with Gasteiger partial charge in [-0.05, 0) is 38.9 Å². The molecule has 1 heterocycles. The number of nitrogens with one attached hydrogen (secondary N) is 1. The highest BCUT2D eigenvalue weighted by molar-refractivity contribution is 6.06. The molecule has 0 amide bonds. The van der Waals surface area contributed by atoms with E-state index in [1.54, 1.807) is 19.1 Å². The van der Waals surface area contributed by atoms with Gasteiger partial charge in [0.15, 0.2) is 0 Å². The van der Waals surface area contributed by atoms with Crippen molar-refractivity contribution in [3.63, 3.8) is 0 Å². The van der Waals surface area contributed by atoms with E-state index < -0.39 is 16.8 Å². The third kappa shape index (κ3) is 6.44. The summed E-state index contributed by atoms with van der Waals surface area (Å²) in [6, 6.07) is 16.5. The number of ether oxygens (including phenoxy) is 1. The number of hydrogen-bond donors (Lipinski definition) is 1. The maximum atomic E-state index is 12.8. The number of aliphatic imine (C=N–C) groups is 1. The molecule has 2 aromatic rings. The van der Waals surface area contributed by atoms with Gasteiger partial charge in [-0.2, -0.15) is 0 Å². The normalized spacial score (nSPS) is 17.1. The van der Waals surface area contributed by atoms with E-state index >= 15 is 0 Å². The van der Waals surface area contributed by atoms with Crippen LogP contribution in [-0.2, 0) is 20.9 Å². The number of allylic oxidation sites excluding steroid dienone is 3. The molecule has 0 aliphatic carbocycles.